The second-order valence-electron chi connectivity index (χ2n) is 4.17. The molecule has 0 aliphatic heterocycles. The van der Waals surface area contributed by atoms with Crippen LogP contribution in [0.3, 0.4) is 0 Å². The fourth-order valence-electron chi connectivity index (χ4n) is 2.74. The molecule has 0 aromatic rings. The minimum absolute atomic E-state index is 0.0324. The molecule has 2 rings (SSSR count). The lowest BCUT2D eigenvalue weighted by atomic mass is 9.97. The van der Waals surface area contributed by atoms with Crippen molar-refractivity contribution < 1.29 is 13.5 Å². The van der Waals surface area contributed by atoms with Crippen molar-refractivity contribution in [3.63, 3.8) is 0 Å². The largest absolute Gasteiger partial charge is 0.393 e. The summed E-state index contributed by atoms with van der Waals surface area (Å²) in [7, 11) is -2.93. The zero-order chi connectivity index (χ0) is 8.93. The molecule has 0 amide bonds. The van der Waals surface area contributed by atoms with Gasteiger partial charge in [-0.05, 0) is 25.2 Å². The highest BCUT2D eigenvalue weighted by molar-refractivity contribution is 7.91. The van der Waals surface area contributed by atoms with Crippen molar-refractivity contribution in [1.29, 1.82) is 0 Å². The van der Waals surface area contributed by atoms with Gasteiger partial charge in [0.25, 0.3) is 0 Å². The SMILES string of the molecule is CS(=O)(=O)[C@H]1C[C@@H]2C[C@H]1[C@H](O)C2. The van der Waals surface area contributed by atoms with Crippen LogP contribution >= 0.6 is 0 Å². The van der Waals surface area contributed by atoms with E-state index in [1.165, 1.54) is 6.26 Å². The molecular weight excluding hydrogens is 176 g/mol. The first-order valence-corrected chi connectivity index (χ1v) is 6.31. The zero-order valence-electron chi connectivity index (χ0n) is 7.10. The van der Waals surface area contributed by atoms with Crippen LogP contribution in [-0.4, -0.2) is 31.1 Å². The zero-order valence-corrected chi connectivity index (χ0v) is 7.92. The highest BCUT2D eigenvalue weighted by atomic mass is 32.2. The van der Waals surface area contributed by atoms with Crippen molar-refractivity contribution in [3.05, 3.63) is 0 Å². The fraction of sp³-hybridized carbons (Fsp3) is 1.00. The molecule has 0 unspecified atom stereocenters. The highest BCUT2D eigenvalue weighted by Gasteiger charge is 2.49. The Labute approximate surface area is 72.7 Å². The number of fused-ring (bicyclic) bond motifs is 2. The first-order chi connectivity index (χ1) is 5.48. The van der Waals surface area contributed by atoms with E-state index in [1.54, 1.807) is 0 Å². The quantitative estimate of drug-likeness (QED) is 0.642. The molecule has 0 radical (unpaired) electrons. The molecule has 2 aliphatic carbocycles. The van der Waals surface area contributed by atoms with Crippen LogP contribution in [0.15, 0.2) is 0 Å². The van der Waals surface area contributed by atoms with Gasteiger partial charge in [-0.3, -0.25) is 0 Å². The van der Waals surface area contributed by atoms with E-state index in [2.05, 4.69) is 0 Å². The predicted octanol–water partition coefficient (Wildman–Crippen LogP) is 0.190. The number of sulfone groups is 1. The Morgan fingerprint density at radius 1 is 1.25 bits per heavy atom. The van der Waals surface area contributed by atoms with Gasteiger partial charge in [0.1, 0.15) is 0 Å². The third-order valence-corrected chi connectivity index (χ3v) is 4.91. The van der Waals surface area contributed by atoms with E-state index in [1.807, 2.05) is 0 Å². The Morgan fingerprint density at radius 2 is 1.92 bits per heavy atom. The summed E-state index contributed by atoms with van der Waals surface area (Å²) < 4.78 is 22.5. The standard InChI is InChI=1S/C8H14O3S/c1-12(10,11)8-4-5-2-6(8)7(9)3-5/h5-9H,2-4H2,1H3/t5-,6+,7-,8+/m1/s1. The Bertz CT molecular complexity index is 283. The van der Waals surface area contributed by atoms with Crippen LogP contribution in [0, 0.1) is 11.8 Å². The Morgan fingerprint density at radius 3 is 2.25 bits per heavy atom. The molecule has 2 aliphatic rings. The summed E-state index contributed by atoms with van der Waals surface area (Å²) in [6, 6.07) is 0. The van der Waals surface area contributed by atoms with Crippen molar-refractivity contribution >= 4 is 9.84 Å². The molecule has 0 spiro atoms. The maximum atomic E-state index is 11.3. The number of aliphatic hydroxyl groups excluding tert-OH is 1. The summed E-state index contributed by atoms with van der Waals surface area (Å²) in [5.74, 6) is 0.495. The molecule has 2 fully saturated rings. The normalized spacial score (nSPS) is 46.8. The van der Waals surface area contributed by atoms with E-state index in [0.717, 1.165) is 19.3 Å². The first-order valence-electron chi connectivity index (χ1n) is 4.35. The summed E-state index contributed by atoms with van der Waals surface area (Å²) in [4.78, 5) is 0. The molecule has 0 heterocycles. The van der Waals surface area contributed by atoms with Gasteiger partial charge in [0.05, 0.1) is 11.4 Å². The number of rotatable bonds is 1. The molecule has 12 heavy (non-hydrogen) atoms. The van der Waals surface area contributed by atoms with Crippen molar-refractivity contribution in [2.24, 2.45) is 11.8 Å². The second-order valence-corrected chi connectivity index (χ2v) is 6.44. The average molecular weight is 190 g/mol. The van der Waals surface area contributed by atoms with Gasteiger partial charge in [-0.15, -0.1) is 0 Å². The first kappa shape index (κ1) is 8.51. The number of aliphatic hydroxyl groups is 1. The molecule has 4 heteroatoms. The lowest BCUT2D eigenvalue weighted by Gasteiger charge is -2.24. The molecule has 0 aromatic heterocycles. The van der Waals surface area contributed by atoms with Crippen molar-refractivity contribution in [1.82, 2.24) is 0 Å². The third kappa shape index (κ3) is 1.17. The minimum Gasteiger partial charge on any atom is -0.393 e. The van der Waals surface area contributed by atoms with Crippen LogP contribution in [0.25, 0.3) is 0 Å². The average Bonchev–Trinajstić information content (AvgIpc) is 2.41. The van der Waals surface area contributed by atoms with Crippen molar-refractivity contribution in [3.8, 4) is 0 Å². The van der Waals surface area contributed by atoms with Crippen LogP contribution in [0.1, 0.15) is 19.3 Å². The number of hydrogen-bond acceptors (Lipinski definition) is 3. The molecule has 70 valence electrons. The number of hydrogen-bond donors (Lipinski definition) is 1. The van der Waals surface area contributed by atoms with E-state index >= 15 is 0 Å². The van der Waals surface area contributed by atoms with Gasteiger partial charge in [0, 0.05) is 12.2 Å². The summed E-state index contributed by atoms with van der Waals surface area (Å²) >= 11 is 0. The Balaban J connectivity index is 2.23. The fourth-order valence-corrected chi connectivity index (χ4v) is 4.29. The van der Waals surface area contributed by atoms with Gasteiger partial charge in [-0.1, -0.05) is 0 Å². The van der Waals surface area contributed by atoms with E-state index in [-0.39, 0.29) is 17.3 Å². The van der Waals surface area contributed by atoms with Crippen molar-refractivity contribution in [2.45, 2.75) is 30.6 Å². The van der Waals surface area contributed by atoms with Crippen LogP contribution in [0.5, 0.6) is 0 Å². The van der Waals surface area contributed by atoms with E-state index < -0.39 is 9.84 Å². The third-order valence-electron chi connectivity index (χ3n) is 3.27. The van der Waals surface area contributed by atoms with Gasteiger partial charge in [-0.25, -0.2) is 8.42 Å². The second kappa shape index (κ2) is 2.45. The molecule has 0 saturated heterocycles. The van der Waals surface area contributed by atoms with Gasteiger partial charge in [-0.2, -0.15) is 0 Å². The Kier molecular flexibility index (Phi) is 1.74. The van der Waals surface area contributed by atoms with E-state index in [0.29, 0.717) is 5.92 Å². The highest BCUT2D eigenvalue weighted by Crippen LogP contribution is 2.47. The maximum absolute atomic E-state index is 11.3. The van der Waals surface area contributed by atoms with Crippen LogP contribution in [0.2, 0.25) is 0 Å². The van der Waals surface area contributed by atoms with Crippen LogP contribution in [-0.2, 0) is 9.84 Å². The molecule has 2 bridgehead atoms. The smallest absolute Gasteiger partial charge is 0.150 e. The van der Waals surface area contributed by atoms with Gasteiger partial charge < -0.3 is 5.11 Å². The summed E-state index contributed by atoms with van der Waals surface area (Å²) in [6.45, 7) is 0. The van der Waals surface area contributed by atoms with Gasteiger partial charge >= 0.3 is 0 Å². The molecule has 0 aromatic carbocycles. The van der Waals surface area contributed by atoms with Gasteiger partial charge in [0.15, 0.2) is 9.84 Å². The maximum Gasteiger partial charge on any atom is 0.150 e. The summed E-state index contributed by atoms with van der Waals surface area (Å²) in [5.41, 5.74) is 0. The van der Waals surface area contributed by atoms with Crippen LogP contribution < -0.4 is 0 Å². The lowest BCUT2D eigenvalue weighted by molar-refractivity contribution is 0.115. The predicted molar refractivity (Wildman–Crippen MR) is 45.5 cm³/mol. The molecule has 4 atom stereocenters. The van der Waals surface area contributed by atoms with Crippen molar-refractivity contribution in [2.75, 3.05) is 6.26 Å². The van der Waals surface area contributed by atoms with E-state index in [9.17, 15) is 13.5 Å². The molecular formula is C8H14O3S. The minimum atomic E-state index is -2.93. The molecule has 3 nitrogen and oxygen atoms in total. The molecule has 1 N–H and O–H groups in total. The van der Waals surface area contributed by atoms with E-state index in [4.69, 9.17) is 0 Å². The summed E-state index contributed by atoms with van der Waals surface area (Å²) in [5, 5.41) is 9.23. The Hall–Kier alpha value is -0.0900. The topological polar surface area (TPSA) is 54.4 Å². The summed E-state index contributed by atoms with van der Waals surface area (Å²) in [6.07, 6.45) is 3.44. The molecule has 2 saturated carbocycles. The monoisotopic (exact) mass is 190 g/mol. The lowest BCUT2D eigenvalue weighted by Crippen LogP contribution is -2.34. The van der Waals surface area contributed by atoms with Crippen LogP contribution in [0.4, 0.5) is 0 Å². The van der Waals surface area contributed by atoms with Gasteiger partial charge in [0.2, 0.25) is 0 Å².